The third-order valence-electron chi connectivity index (χ3n) is 5.50. The highest BCUT2D eigenvalue weighted by Crippen LogP contribution is 2.31. The van der Waals surface area contributed by atoms with Gasteiger partial charge in [-0.2, -0.15) is 13.2 Å². The van der Waals surface area contributed by atoms with Gasteiger partial charge in [-0.15, -0.1) is 0 Å². The van der Waals surface area contributed by atoms with Gasteiger partial charge in [-0.3, -0.25) is 4.72 Å². The van der Waals surface area contributed by atoms with Gasteiger partial charge in [0.15, 0.2) is 0 Å². The monoisotopic (exact) mass is 487 g/mol. The van der Waals surface area contributed by atoms with E-state index in [-0.39, 0.29) is 5.69 Å². The second kappa shape index (κ2) is 9.50. The normalized spacial score (nSPS) is 12.2. The summed E-state index contributed by atoms with van der Waals surface area (Å²) in [5, 5.41) is 0. The number of hydrogen-bond donors (Lipinski definition) is 1. The van der Waals surface area contributed by atoms with Gasteiger partial charge in [0.05, 0.1) is 21.5 Å². The highest BCUT2D eigenvalue weighted by molar-refractivity contribution is 7.92. The highest BCUT2D eigenvalue weighted by Gasteiger charge is 2.31. The number of rotatable bonds is 8. The standard InChI is InChI=1S/C25H24F3N3O2S/c1-2-16-31-23-9-4-3-8-22(23)29-24(31)15-12-18-10-13-20(14-11-18)30-34(32,33)21-7-5-6-19(17-21)25(26,27)28/h3-11,13-14,17,30H,2,12,15-16H2,1H3. The Hall–Kier alpha value is -3.33. The van der Waals surface area contributed by atoms with Gasteiger partial charge < -0.3 is 4.57 Å². The van der Waals surface area contributed by atoms with Crippen LogP contribution in [-0.4, -0.2) is 18.0 Å². The van der Waals surface area contributed by atoms with Crippen molar-refractivity contribution >= 4 is 26.7 Å². The molecule has 4 rings (SSSR count). The number of para-hydroxylation sites is 2. The number of fused-ring (bicyclic) bond motifs is 1. The minimum Gasteiger partial charge on any atom is -0.328 e. The molecule has 4 aromatic rings. The Morgan fingerprint density at radius 1 is 0.941 bits per heavy atom. The third kappa shape index (κ3) is 5.25. The van der Waals surface area contributed by atoms with Gasteiger partial charge in [-0.1, -0.05) is 37.3 Å². The lowest BCUT2D eigenvalue weighted by atomic mass is 10.1. The van der Waals surface area contributed by atoms with Crippen LogP contribution in [-0.2, 0) is 35.6 Å². The van der Waals surface area contributed by atoms with Crippen molar-refractivity contribution in [2.45, 2.75) is 43.8 Å². The lowest BCUT2D eigenvalue weighted by Crippen LogP contribution is -2.14. The summed E-state index contributed by atoms with van der Waals surface area (Å²) < 4.78 is 68.5. The van der Waals surface area contributed by atoms with E-state index in [4.69, 9.17) is 4.98 Å². The van der Waals surface area contributed by atoms with Crippen molar-refractivity contribution in [2.75, 3.05) is 4.72 Å². The summed E-state index contributed by atoms with van der Waals surface area (Å²) in [4.78, 5) is 4.32. The molecule has 0 aliphatic carbocycles. The van der Waals surface area contributed by atoms with Gasteiger partial charge in [0.1, 0.15) is 5.82 Å². The predicted octanol–water partition coefficient (Wildman–Crippen LogP) is 6.05. The zero-order valence-corrected chi connectivity index (χ0v) is 19.3. The lowest BCUT2D eigenvalue weighted by molar-refractivity contribution is -0.137. The number of aromatic nitrogens is 2. The molecule has 0 atom stereocenters. The van der Waals surface area contributed by atoms with Crippen LogP contribution in [0.2, 0.25) is 0 Å². The number of aryl methyl sites for hydroxylation is 3. The van der Waals surface area contributed by atoms with Crippen LogP contribution in [0.1, 0.15) is 30.3 Å². The number of halogens is 3. The maximum Gasteiger partial charge on any atom is 0.416 e. The largest absolute Gasteiger partial charge is 0.416 e. The molecular weight excluding hydrogens is 463 g/mol. The van der Waals surface area contributed by atoms with Gasteiger partial charge in [0, 0.05) is 18.7 Å². The Morgan fingerprint density at radius 3 is 2.38 bits per heavy atom. The fourth-order valence-electron chi connectivity index (χ4n) is 3.84. The maximum absolute atomic E-state index is 12.9. The van der Waals surface area contributed by atoms with Crippen molar-refractivity contribution in [3.8, 4) is 0 Å². The fourth-order valence-corrected chi connectivity index (χ4v) is 4.94. The second-order valence-corrected chi connectivity index (χ2v) is 9.68. The molecule has 5 nitrogen and oxygen atoms in total. The highest BCUT2D eigenvalue weighted by atomic mass is 32.2. The molecule has 0 unspecified atom stereocenters. The second-order valence-electron chi connectivity index (χ2n) is 8.00. The first-order valence-corrected chi connectivity index (χ1v) is 12.4. The van der Waals surface area contributed by atoms with Crippen molar-refractivity contribution in [3.05, 3.63) is 89.7 Å². The number of sulfonamides is 1. The minimum absolute atomic E-state index is 0.277. The lowest BCUT2D eigenvalue weighted by Gasteiger charge is -2.12. The van der Waals surface area contributed by atoms with Gasteiger partial charge in [-0.25, -0.2) is 13.4 Å². The fraction of sp³-hybridized carbons (Fsp3) is 0.240. The summed E-state index contributed by atoms with van der Waals surface area (Å²) >= 11 is 0. The molecule has 0 saturated heterocycles. The van der Waals surface area contributed by atoms with E-state index in [1.807, 2.05) is 18.2 Å². The molecule has 0 aliphatic heterocycles. The zero-order chi connectivity index (χ0) is 24.3. The average Bonchev–Trinajstić information content (AvgIpc) is 3.16. The first kappa shape index (κ1) is 23.8. The molecule has 3 aromatic carbocycles. The molecule has 0 radical (unpaired) electrons. The molecule has 0 bridgehead atoms. The van der Waals surface area contributed by atoms with Gasteiger partial charge in [-0.05, 0) is 60.9 Å². The SMILES string of the molecule is CCCn1c(CCc2ccc(NS(=O)(=O)c3cccc(C(F)(F)F)c3)cc2)nc2ccccc21. The third-order valence-corrected chi connectivity index (χ3v) is 6.87. The van der Waals surface area contributed by atoms with Crippen LogP contribution in [0.25, 0.3) is 11.0 Å². The molecule has 0 amide bonds. The van der Waals surface area contributed by atoms with Gasteiger partial charge in [0.25, 0.3) is 10.0 Å². The first-order valence-electron chi connectivity index (χ1n) is 10.9. The van der Waals surface area contributed by atoms with Crippen LogP contribution >= 0.6 is 0 Å². The molecule has 0 aliphatic rings. The average molecular weight is 488 g/mol. The molecular formula is C25H24F3N3O2S. The molecule has 34 heavy (non-hydrogen) atoms. The Labute approximate surface area is 196 Å². The van der Waals surface area contributed by atoms with E-state index in [1.165, 1.54) is 0 Å². The summed E-state index contributed by atoms with van der Waals surface area (Å²) in [5.74, 6) is 0.998. The van der Waals surface area contributed by atoms with E-state index in [0.29, 0.717) is 12.5 Å². The van der Waals surface area contributed by atoms with E-state index in [1.54, 1.807) is 24.3 Å². The van der Waals surface area contributed by atoms with E-state index < -0.39 is 26.7 Å². The summed E-state index contributed by atoms with van der Waals surface area (Å²) in [6.45, 7) is 3.00. The molecule has 1 aromatic heterocycles. The van der Waals surface area contributed by atoms with Gasteiger partial charge in [0.2, 0.25) is 0 Å². The predicted molar refractivity (Wildman–Crippen MR) is 126 cm³/mol. The van der Waals surface area contributed by atoms with Crippen LogP contribution in [0.15, 0.2) is 77.7 Å². The summed E-state index contributed by atoms with van der Waals surface area (Å²) in [6.07, 6.45) is -2.18. The zero-order valence-electron chi connectivity index (χ0n) is 18.5. The number of nitrogens with zero attached hydrogens (tertiary/aromatic N) is 2. The quantitative estimate of drug-likeness (QED) is 0.329. The molecule has 1 heterocycles. The molecule has 0 spiro atoms. The number of alkyl halides is 3. The Bertz CT molecular complexity index is 1400. The van der Waals surface area contributed by atoms with Crippen LogP contribution in [0.4, 0.5) is 18.9 Å². The van der Waals surface area contributed by atoms with Gasteiger partial charge >= 0.3 is 6.18 Å². The Kier molecular flexibility index (Phi) is 6.65. The van der Waals surface area contributed by atoms with Crippen molar-refractivity contribution < 1.29 is 21.6 Å². The first-order chi connectivity index (χ1) is 16.2. The smallest absolute Gasteiger partial charge is 0.328 e. The van der Waals surface area contributed by atoms with Crippen molar-refractivity contribution in [1.82, 2.24) is 9.55 Å². The van der Waals surface area contributed by atoms with Crippen LogP contribution in [0, 0.1) is 0 Å². The molecule has 1 N–H and O–H groups in total. The molecule has 0 fully saturated rings. The number of nitrogens with one attached hydrogen (secondary N) is 1. The summed E-state index contributed by atoms with van der Waals surface area (Å²) in [5.41, 5.74) is 2.33. The van der Waals surface area contributed by atoms with E-state index >= 15 is 0 Å². The number of hydrogen-bond acceptors (Lipinski definition) is 3. The Morgan fingerprint density at radius 2 is 1.68 bits per heavy atom. The number of anilines is 1. The van der Waals surface area contributed by atoms with Crippen LogP contribution in [0.3, 0.4) is 0 Å². The van der Waals surface area contributed by atoms with Crippen molar-refractivity contribution in [2.24, 2.45) is 0 Å². The van der Waals surface area contributed by atoms with E-state index in [2.05, 4.69) is 22.3 Å². The van der Waals surface area contributed by atoms with Crippen molar-refractivity contribution in [1.29, 1.82) is 0 Å². The number of imidazole rings is 1. The molecule has 9 heteroatoms. The van der Waals surface area contributed by atoms with Crippen LogP contribution < -0.4 is 4.72 Å². The number of benzene rings is 3. The molecule has 178 valence electrons. The topological polar surface area (TPSA) is 64.0 Å². The summed E-state index contributed by atoms with van der Waals surface area (Å²) in [7, 11) is -4.15. The summed E-state index contributed by atoms with van der Waals surface area (Å²) in [6, 6.07) is 18.5. The Balaban J connectivity index is 1.46. The van der Waals surface area contributed by atoms with Crippen LogP contribution in [0.5, 0.6) is 0 Å². The minimum atomic E-state index is -4.62. The van der Waals surface area contributed by atoms with Crippen molar-refractivity contribution in [3.63, 3.8) is 0 Å². The van der Waals surface area contributed by atoms with E-state index in [9.17, 15) is 21.6 Å². The van der Waals surface area contributed by atoms with E-state index in [0.717, 1.165) is 60.0 Å². The molecule has 0 saturated carbocycles. The maximum atomic E-state index is 12.9.